The first kappa shape index (κ1) is 16.1. The zero-order valence-corrected chi connectivity index (χ0v) is 14.8. The minimum absolute atomic E-state index is 0.628. The van der Waals surface area contributed by atoms with Gasteiger partial charge in [-0.05, 0) is 40.6 Å². The third kappa shape index (κ3) is 3.67. The molecule has 0 amide bonds. The Morgan fingerprint density at radius 1 is 1.24 bits per heavy atom. The fourth-order valence-electron chi connectivity index (χ4n) is 3.04. The molecule has 3 aromatic rings. The largest absolute Gasteiger partial charge is 0.497 e. The molecule has 7 heteroatoms. The summed E-state index contributed by atoms with van der Waals surface area (Å²) in [7, 11) is 1.72. The van der Waals surface area contributed by atoms with Gasteiger partial charge in [-0.15, -0.1) is 22.0 Å². The van der Waals surface area contributed by atoms with Crippen molar-refractivity contribution >= 4 is 11.8 Å². The average molecular weight is 353 g/mol. The number of thioether (sulfide) groups is 1. The number of rotatable bonds is 4. The Bertz CT molecular complexity index is 852. The maximum absolute atomic E-state index is 5.38. The first-order chi connectivity index (χ1) is 12.3. The molecule has 128 valence electrons. The zero-order chi connectivity index (χ0) is 17.1. The average Bonchev–Trinajstić information content (AvgIpc) is 3.10. The van der Waals surface area contributed by atoms with E-state index in [0.717, 1.165) is 36.7 Å². The summed E-state index contributed by atoms with van der Waals surface area (Å²) >= 11 is 1.91. The maximum atomic E-state index is 5.38. The van der Waals surface area contributed by atoms with Gasteiger partial charge in [0.15, 0.2) is 0 Å². The van der Waals surface area contributed by atoms with Crippen LogP contribution in [0.15, 0.2) is 47.4 Å². The molecule has 0 saturated heterocycles. The number of fused-ring (bicyclic) bond motifs is 1. The number of methoxy groups -OCH3 is 1. The molecule has 0 fully saturated rings. The van der Waals surface area contributed by atoms with Crippen LogP contribution in [0.2, 0.25) is 0 Å². The lowest BCUT2D eigenvalue weighted by molar-refractivity contribution is 0.274. The van der Waals surface area contributed by atoms with Gasteiger partial charge in [-0.3, -0.25) is 4.90 Å². The van der Waals surface area contributed by atoms with Crippen molar-refractivity contribution in [3.8, 4) is 17.1 Å². The standard InChI is InChI=1S/C18H19N5OS/c1-24-16-5-6-17-15(10-16)12-23(7-8-25-17)11-13-3-2-4-14(9-13)18-19-21-22-20-18/h2-6,9-10H,7-8,11-12H2,1H3,(H,19,20,21,22). The number of nitrogens with one attached hydrogen (secondary N) is 1. The number of H-pyrrole nitrogens is 1. The lowest BCUT2D eigenvalue weighted by Gasteiger charge is -2.20. The number of benzene rings is 2. The highest BCUT2D eigenvalue weighted by Gasteiger charge is 2.16. The summed E-state index contributed by atoms with van der Waals surface area (Å²) < 4.78 is 5.38. The fraction of sp³-hybridized carbons (Fsp3) is 0.278. The van der Waals surface area contributed by atoms with Crippen molar-refractivity contribution in [3.05, 3.63) is 53.6 Å². The second kappa shape index (κ2) is 7.25. The van der Waals surface area contributed by atoms with Crippen LogP contribution >= 0.6 is 11.8 Å². The Morgan fingerprint density at radius 3 is 3.04 bits per heavy atom. The Kier molecular flexibility index (Phi) is 4.67. The van der Waals surface area contributed by atoms with Crippen molar-refractivity contribution < 1.29 is 4.74 Å². The topological polar surface area (TPSA) is 66.9 Å². The van der Waals surface area contributed by atoms with E-state index in [-0.39, 0.29) is 0 Å². The third-order valence-electron chi connectivity index (χ3n) is 4.26. The van der Waals surface area contributed by atoms with Crippen molar-refractivity contribution in [2.45, 2.75) is 18.0 Å². The van der Waals surface area contributed by atoms with Gasteiger partial charge in [-0.2, -0.15) is 5.21 Å². The number of hydrogen-bond donors (Lipinski definition) is 1. The van der Waals surface area contributed by atoms with E-state index in [1.54, 1.807) is 7.11 Å². The van der Waals surface area contributed by atoms with Gasteiger partial charge in [0.2, 0.25) is 5.82 Å². The van der Waals surface area contributed by atoms with E-state index in [1.165, 1.54) is 16.0 Å². The number of tetrazole rings is 1. The van der Waals surface area contributed by atoms with Crippen LogP contribution in [0.25, 0.3) is 11.4 Å². The molecule has 0 atom stereocenters. The van der Waals surface area contributed by atoms with E-state index < -0.39 is 0 Å². The number of aromatic amines is 1. The third-order valence-corrected chi connectivity index (χ3v) is 5.36. The van der Waals surface area contributed by atoms with Crippen LogP contribution < -0.4 is 4.74 Å². The van der Waals surface area contributed by atoms with E-state index in [9.17, 15) is 0 Å². The van der Waals surface area contributed by atoms with Crippen LogP contribution in [0, 0.1) is 0 Å². The van der Waals surface area contributed by atoms with E-state index in [0.29, 0.717) is 5.82 Å². The zero-order valence-electron chi connectivity index (χ0n) is 14.0. The van der Waals surface area contributed by atoms with Gasteiger partial charge in [0.25, 0.3) is 0 Å². The van der Waals surface area contributed by atoms with Crippen molar-refractivity contribution in [2.75, 3.05) is 19.4 Å². The molecule has 4 rings (SSSR count). The molecule has 25 heavy (non-hydrogen) atoms. The summed E-state index contributed by atoms with van der Waals surface area (Å²) in [6.07, 6.45) is 0. The van der Waals surface area contributed by atoms with Crippen LogP contribution in [0.5, 0.6) is 5.75 Å². The molecule has 1 aliphatic rings. The molecule has 0 bridgehead atoms. The predicted molar refractivity (Wildman–Crippen MR) is 97.4 cm³/mol. The minimum Gasteiger partial charge on any atom is -0.497 e. The van der Waals surface area contributed by atoms with Gasteiger partial charge in [-0.25, -0.2) is 0 Å². The highest BCUT2D eigenvalue weighted by Crippen LogP contribution is 2.31. The van der Waals surface area contributed by atoms with Crippen molar-refractivity contribution in [1.82, 2.24) is 25.5 Å². The molecule has 0 unspecified atom stereocenters. The summed E-state index contributed by atoms with van der Waals surface area (Å²) in [5, 5.41) is 14.3. The van der Waals surface area contributed by atoms with Gasteiger partial charge in [0.1, 0.15) is 5.75 Å². The summed E-state index contributed by atoms with van der Waals surface area (Å²) in [6, 6.07) is 14.7. The summed E-state index contributed by atoms with van der Waals surface area (Å²) in [5.41, 5.74) is 3.56. The smallest absolute Gasteiger partial charge is 0.204 e. The first-order valence-corrected chi connectivity index (χ1v) is 9.15. The van der Waals surface area contributed by atoms with Crippen LogP contribution in [-0.4, -0.2) is 44.9 Å². The van der Waals surface area contributed by atoms with Crippen LogP contribution in [-0.2, 0) is 13.1 Å². The number of aromatic nitrogens is 4. The molecule has 0 radical (unpaired) electrons. The van der Waals surface area contributed by atoms with Crippen LogP contribution in [0.1, 0.15) is 11.1 Å². The van der Waals surface area contributed by atoms with Crippen LogP contribution in [0.3, 0.4) is 0 Å². The highest BCUT2D eigenvalue weighted by atomic mass is 32.2. The SMILES string of the molecule is COc1ccc2c(c1)CN(Cc1cccc(-c3nn[nH]n3)c1)CCS2. The Hall–Kier alpha value is -2.38. The minimum atomic E-state index is 0.628. The lowest BCUT2D eigenvalue weighted by atomic mass is 10.1. The molecular formula is C18H19N5OS. The molecule has 2 aromatic carbocycles. The Labute approximate surface area is 150 Å². The quantitative estimate of drug-likeness (QED) is 0.778. The fourth-order valence-corrected chi connectivity index (χ4v) is 4.08. The van der Waals surface area contributed by atoms with E-state index in [4.69, 9.17) is 4.74 Å². The monoisotopic (exact) mass is 353 g/mol. The number of nitrogens with zero attached hydrogens (tertiary/aromatic N) is 4. The molecule has 2 heterocycles. The normalized spacial score (nSPS) is 14.8. The number of hydrogen-bond acceptors (Lipinski definition) is 6. The second-order valence-corrected chi connectivity index (χ2v) is 7.11. The number of ether oxygens (including phenoxy) is 1. The van der Waals surface area contributed by atoms with E-state index in [1.807, 2.05) is 30.0 Å². The highest BCUT2D eigenvalue weighted by molar-refractivity contribution is 7.99. The second-order valence-electron chi connectivity index (χ2n) is 5.97. The van der Waals surface area contributed by atoms with Gasteiger partial charge in [0, 0.05) is 35.8 Å². The first-order valence-electron chi connectivity index (χ1n) is 8.16. The van der Waals surface area contributed by atoms with E-state index >= 15 is 0 Å². The van der Waals surface area contributed by atoms with Gasteiger partial charge in [0.05, 0.1) is 7.11 Å². The summed E-state index contributed by atoms with van der Waals surface area (Å²) in [6.45, 7) is 2.86. The van der Waals surface area contributed by atoms with Crippen molar-refractivity contribution in [1.29, 1.82) is 0 Å². The maximum Gasteiger partial charge on any atom is 0.204 e. The lowest BCUT2D eigenvalue weighted by Crippen LogP contribution is -2.24. The molecular weight excluding hydrogens is 334 g/mol. The Balaban J connectivity index is 1.53. The van der Waals surface area contributed by atoms with Gasteiger partial charge >= 0.3 is 0 Å². The summed E-state index contributed by atoms with van der Waals surface area (Å²) in [5.74, 6) is 2.63. The van der Waals surface area contributed by atoms with Crippen LogP contribution in [0.4, 0.5) is 0 Å². The van der Waals surface area contributed by atoms with Gasteiger partial charge in [-0.1, -0.05) is 18.2 Å². The predicted octanol–water partition coefficient (Wildman–Crippen LogP) is 2.98. The molecule has 0 spiro atoms. The van der Waals surface area contributed by atoms with E-state index in [2.05, 4.69) is 49.8 Å². The van der Waals surface area contributed by atoms with Crippen molar-refractivity contribution in [2.24, 2.45) is 0 Å². The molecule has 1 N–H and O–H groups in total. The molecule has 1 aliphatic heterocycles. The molecule has 0 aliphatic carbocycles. The van der Waals surface area contributed by atoms with Gasteiger partial charge < -0.3 is 4.74 Å². The molecule has 1 aromatic heterocycles. The molecule has 0 saturated carbocycles. The summed E-state index contributed by atoms with van der Waals surface area (Å²) in [4.78, 5) is 3.82. The molecule has 6 nitrogen and oxygen atoms in total. The Morgan fingerprint density at radius 2 is 2.20 bits per heavy atom. The van der Waals surface area contributed by atoms with Crippen molar-refractivity contribution in [3.63, 3.8) is 0 Å².